The van der Waals surface area contributed by atoms with Crippen LogP contribution < -0.4 is 10.6 Å². The molecule has 4 N–H and O–H groups in total. The van der Waals surface area contributed by atoms with E-state index in [-0.39, 0.29) is 23.9 Å². The number of hydrogen-bond acceptors (Lipinski definition) is 6. The second-order valence-electron chi connectivity index (χ2n) is 9.99. The Morgan fingerprint density at radius 1 is 1.10 bits per heavy atom. The number of esters is 2. The molecule has 0 aliphatic heterocycles. The summed E-state index contributed by atoms with van der Waals surface area (Å²) in [5, 5.41) is 17.4. The first-order valence-electron chi connectivity index (χ1n) is 12.7. The smallest absolute Gasteiger partial charge is 0.387 e. The predicted octanol–water partition coefficient (Wildman–Crippen LogP) is 4.85. The van der Waals surface area contributed by atoms with Crippen molar-refractivity contribution in [2.45, 2.75) is 58.0 Å². The number of halogens is 4. The SMILES string of the molecule is CC(C)C[C@H](NC(=O)c1cccc2c(C[C@@H](C)NC[C@@H](O)c3cccc(Cl)c3)c[nH]c12)C(=O)OC(=O)C(F)(F)F. The summed E-state index contributed by atoms with van der Waals surface area (Å²) in [6.45, 7) is 5.66. The van der Waals surface area contributed by atoms with E-state index < -0.39 is 36.2 Å². The Morgan fingerprint density at radius 3 is 2.45 bits per heavy atom. The zero-order valence-electron chi connectivity index (χ0n) is 22.1. The number of fused-ring (bicyclic) bond motifs is 1. The number of benzene rings is 2. The van der Waals surface area contributed by atoms with Crippen molar-refractivity contribution in [2.24, 2.45) is 5.92 Å². The maximum Gasteiger partial charge on any atom is 0.491 e. The summed E-state index contributed by atoms with van der Waals surface area (Å²) < 4.78 is 41.7. The first-order chi connectivity index (χ1) is 18.8. The van der Waals surface area contributed by atoms with Crippen molar-refractivity contribution in [1.82, 2.24) is 15.6 Å². The molecule has 1 aromatic heterocycles. The molecule has 0 radical (unpaired) electrons. The van der Waals surface area contributed by atoms with Crippen molar-refractivity contribution in [3.05, 3.63) is 70.4 Å². The molecule has 3 atom stereocenters. The van der Waals surface area contributed by atoms with E-state index >= 15 is 0 Å². The third-order valence-corrected chi connectivity index (χ3v) is 6.42. The quantitative estimate of drug-likeness (QED) is 0.190. The van der Waals surface area contributed by atoms with Crippen LogP contribution in [0, 0.1) is 5.92 Å². The minimum atomic E-state index is -5.34. The van der Waals surface area contributed by atoms with Gasteiger partial charge in [0.2, 0.25) is 0 Å². The highest BCUT2D eigenvalue weighted by molar-refractivity contribution is 6.30. The summed E-state index contributed by atoms with van der Waals surface area (Å²) in [6, 6.07) is 10.4. The maximum atomic E-state index is 13.1. The molecule has 0 aliphatic rings. The van der Waals surface area contributed by atoms with Gasteiger partial charge >= 0.3 is 18.1 Å². The molecule has 3 rings (SSSR count). The summed E-state index contributed by atoms with van der Waals surface area (Å²) in [4.78, 5) is 39.6. The van der Waals surface area contributed by atoms with Gasteiger partial charge in [-0.05, 0) is 55.0 Å². The number of aliphatic hydroxyl groups is 1. The number of alkyl halides is 3. The first-order valence-corrected chi connectivity index (χ1v) is 13.0. The van der Waals surface area contributed by atoms with Crippen molar-refractivity contribution >= 4 is 40.3 Å². The van der Waals surface area contributed by atoms with Crippen molar-refractivity contribution in [2.75, 3.05) is 6.54 Å². The minimum absolute atomic E-state index is 0.0358. The molecule has 216 valence electrons. The highest BCUT2D eigenvalue weighted by Crippen LogP contribution is 2.24. The van der Waals surface area contributed by atoms with Gasteiger partial charge < -0.3 is 25.5 Å². The van der Waals surface area contributed by atoms with Crippen molar-refractivity contribution in [1.29, 1.82) is 0 Å². The average molecular weight is 582 g/mol. The number of ether oxygens (including phenoxy) is 1. The normalized spacial score (nSPS) is 14.1. The lowest BCUT2D eigenvalue weighted by atomic mass is 10.0. The summed E-state index contributed by atoms with van der Waals surface area (Å²) >= 11 is 6.00. The van der Waals surface area contributed by atoms with Crippen LogP contribution in [-0.2, 0) is 20.7 Å². The summed E-state index contributed by atoms with van der Waals surface area (Å²) in [5.41, 5.74) is 2.22. The van der Waals surface area contributed by atoms with Crippen LogP contribution >= 0.6 is 11.6 Å². The van der Waals surface area contributed by atoms with Crippen LogP contribution in [0.15, 0.2) is 48.7 Å². The number of nitrogens with one attached hydrogen (secondary N) is 3. The van der Waals surface area contributed by atoms with Crippen LogP contribution in [0.25, 0.3) is 10.9 Å². The van der Waals surface area contributed by atoms with Gasteiger partial charge in [0.15, 0.2) is 0 Å². The van der Waals surface area contributed by atoms with Crippen LogP contribution in [0.1, 0.15) is 54.8 Å². The number of amides is 1. The monoisotopic (exact) mass is 581 g/mol. The molecule has 1 amide bonds. The van der Waals surface area contributed by atoms with Crippen molar-refractivity contribution < 1.29 is 37.4 Å². The molecule has 8 nitrogen and oxygen atoms in total. The average Bonchev–Trinajstić information content (AvgIpc) is 3.28. The molecule has 0 unspecified atom stereocenters. The number of carbonyl (C=O) groups excluding carboxylic acids is 3. The Hall–Kier alpha value is -3.41. The lowest BCUT2D eigenvalue weighted by molar-refractivity contribution is -0.202. The number of aromatic nitrogens is 1. The van der Waals surface area contributed by atoms with Crippen LogP contribution in [0.5, 0.6) is 0 Å². The number of hydrogen-bond donors (Lipinski definition) is 4. The van der Waals surface area contributed by atoms with Gasteiger partial charge in [0.25, 0.3) is 5.91 Å². The molecule has 0 spiro atoms. The molecule has 0 saturated heterocycles. The Balaban J connectivity index is 1.70. The Kier molecular flexibility index (Phi) is 10.3. The fourth-order valence-corrected chi connectivity index (χ4v) is 4.46. The number of aromatic amines is 1. The van der Waals surface area contributed by atoms with E-state index in [1.54, 1.807) is 50.4 Å². The van der Waals surface area contributed by atoms with Gasteiger partial charge in [0.05, 0.1) is 17.2 Å². The minimum Gasteiger partial charge on any atom is -0.387 e. The number of rotatable bonds is 11. The Morgan fingerprint density at radius 2 is 1.80 bits per heavy atom. The van der Waals surface area contributed by atoms with Crippen molar-refractivity contribution in [3.8, 4) is 0 Å². The van der Waals surface area contributed by atoms with E-state index in [1.807, 2.05) is 13.0 Å². The van der Waals surface area contributed by atoms with Gasteiger partial charge in [0, 0.05) is 29.2 Å². The third-order valence-electron chi connectivity index (χ3n) is 6.19. The summed E-state index contributed by atoms with van der Waals surface area (Å²) in [7, 11) is 0. The highest BCUT2D eigenvalue weighted by atomic mass is 35.5. The molecule has 1 heterocycles. The maximum absolute atomic E-state index is 13.1. The largest absolute Gasteiger partial charge is 0.491 e. The van der Waals surface area contributed by atoms with Gasteiger partial charge in [-0.15, -0.1) is 0 Å². The highest BCUT2D eigenvalue weighted by Gasteiger charge is 2.43. The van der Waals surface area contributed by atoms with Gasteiger partial charge in [-0.25, -0.2) is 9.59 Å². The van der Waals surface area contributed by atoms with E-state index in [0.717, 1.165) is 10.9 Å². The van der Waals surface area contributed by atoms with Gasteiger partial charge in [0.1, 0.15) is 6.04 Å². The number of aliphatic hydroxyl groups excluding tert-OH is 1. The van der Waals surface area contributed by atoms with E-state index in [1.165, 1.54) is 6.07 Å². The zero-order valence-corrected chi connectivity index (χ0v) is 22.9. The van der Waals surface area contributed by atoms with E-state index in [9.17, 15) is 32.7 Å². The first kappa shape index (κ1) is 31.1. The van der Waals surface area contributed by atoms with Gasteiger partial charge in [-0.1, -0.05) is 49.7 Å². The number of para-hydroxylation sites is 1. The number of H-pyrrole nitrogens is 1. The molecular weight excluding hydrogens is 551 g/mol. The molecular formula is C28H31ClF3N3O5. The van der Waals surface area contributed by atoms with Gasteiger partial charge in [-0.2, -0.15) is 13.2 Å². The van der Waals surface area contributed by atoms with E-state index in [0.29, 0.717) is 29.1 Å². The lowest BCUT2D eigenvalue weighted by Crippen LogP contribution is -2.44. The topological polar surface area (TPSA) is 121 Å². The van der Waals surface area contributed by atoms with Crippen molar-refractivity contribution in [3.63, 3.8) is 0 Å². The molecule has 0 fully saturated rings. The molecule has 2 aromatic carbocycles. The molecule has 0 saturated carbocycles. The fraction of sp³-hybridized carbons (Fsp3) is 0.393. The Bertz CT molecular complexity index is 1360. The Labute approximate surface area is 234 Å². The van der Waals surface area contributed by atoms with Gasteiger partial charge in [-0.3, -0.25) is 4.79 Å². The molecule has 12 heteroatoms. The van der Waals surface area contributed by atoms with E-state index in [2.05, 4.69) is 20.4 Å². The molecule has 0 aliphatic carbocycles. The fourth-order valence-electron chi connectivity index (χ4n) is 4.26. The molecule has 3 aromatic rings. The zero-order chi connectivity index (χ0) is 29.6. The molecule has 40 heavy (non-hydrogen) atoms. The standard InChI is InChI=1S/C28H31ClF3N3O5/c1-15(2)10-22(26(38)40-27(39)28(30,31)32)35-25(37)21-9-5-8-20-18(13-34-24(20)21)11-16(3)33-14-23(36)17-6-4-7-19(29)12-17/h4-9,12-13,15-16,22-23,33-34,36H,10-11,14H2,1-3H3,(H,35,37)/t16-,22+,23-/m1/s1. The predicted molar refractivity (Wildman–Crippen MR) is 144 cm³/mol. The third kappa shape index (κ3) is 8.30. The van der Waals surface area contributed by atoms with Crippen LogP contribution in [0.2, 0.25) is 5.02 Å². The van der Waals surface area contributed by atoms with Crippen LogP contribution in [-0.4, -0.2) is 52.7 Å². The number of carbonyl (C=O) groups is 3. The van der Waals surface area contributed by atoms with Crippen LogP contribution in [0.4, 0.5) is 13.2 Å². The summed E-state index contributed by atoms with van der Waals surface area (Å²) in [6.07, 6.45) is -3.83. The second kappa shape index (κ2) is 13.3. The summed E-state index contributed by atoms with van der Waals surface area (Å²) in [5.74, 6) is -5.03. The lowest BCUT2D eigenvalue weighted by Gasteiger charge is -2.19. The molecule has 0 bridgehead atoms. The second-order valence-corrected chi connectivity index (χ2v) is 10.4. The van der Waals surface area contributed by atoms with E-state index in [4.69, 9.17) is 11.6 Å². The van der Waals surface area contributed by atoms with Crippen LogP contribution in [0.3, 0.4) is 0 Å².